The summed E-state index contributed by atoms with van der Waals surface area (Å²) >= 11 is 0. The number of aryl methyl sites for hydroxylation is 2. The number of nitrogens with one attached hydrogen (secondary N) is 2. The third-order valence-electron chi connectivity index (χ3n) is 4.89. The van der Waals surface area contributed by atoms with E-state index in [1.807, 2.05) is 6.20 Å². The van der Waals surface area contributed by atoms with Crippen molar-refractivity contribution in [2.75, 3.05) is 6.54 Å². The molecule has 1 aromatic carbocycles. The molecular formula is C19H26N2O2. The first-order valence-corrected chi connectivity index (χ1v) is 8.63. The van der Waals surface area contributed by atoms with Crippen molar-refractivity contribution in [1.82, 2.24) is 10.3 Å². The first-order chi connectivity index (χ1) is 11.1. The first kappa shape index (κ1) is 16.1. The Balaban J connectivity index is 1.49. The van der Waals surface area contributed by atoms with Gasteiger partial charge in [-0.2, -0.15) is 0 Å². The zero-order valence-corrected chi connectivity index (χ0v) is 13.8. The van der Waals surface area contributed by atoms with Crippen LogP contribution in [-0.4, -0.2) is 28.6 Å². The highest BCUT2D eigenvalue weighted by Gasteiger charge is 2.20. The van der Waals surface area contributed by atoms with Crippen LogP contribution in [0.2, 0.25) is 0 Å². The molecule has 1 amide bonds. The fraction of sp³-hybridized carbons (Fsp3) is 0.526. The monoisotopic (exact) mass is 314 g/mol. The summed E-state index contributed by atoms with van der Waals surface area (Å²) in [7, 11) is 0. The summed E-state index contributed by atoms with van der Waals surface area (Å²) in [6.07, 6.45) is 7.00. The second-order valence-corrected chi connectivity index (χ2v) is 6.85. The molecule has 1 heterocycles. The number of aromatic amines is 1. The van der Waals surface area contributed by atoms with E-state index in [4.69, 9.17) is 0 Å². The van der Waals surface area contributed by atoms with E-state index in [1.165, 1.54) is 16.5 Å². The number of amides is 1. The van der Waals surface area contributed by atoms with E-state index in [0.717, 1.165) is 37.6 Å². The fourth-order valence-corrected chi connectivity index (χ4v) is 3.54. The van der Waals surface area contributed by atoms with E-state index in [0.29, 0.717) is 18.9 Å². The quantitative estimate of drug-likeness (QED) is 0.794. The van der Waals surface area contributed by atoms with Crippen LogP contribution in [0.4, 0.5) is 0 Å². The Morgan fingerprint density at radius 1 is 1.39 bits per heavy atom. The Morgan fingerprint density at radius 2 is 2.26 bits per heavy atom. The third kappa shape index (κ3) is 4.14. The number of rotatable bonds is 5. The van der Waals surface area contributed by atoms with Crippen molar-refractivity contribution in [3.05, 3.63) is 35.5 Å². The molecular weight excluding hydrogens is 288 g/mol. The number of hydrogen-bond donors (Lipinski definition) is 3. The Kier molecular flexibility index (Phi) is 5.01. The zero-order valence-electron chi connectivity index (χ0n) is 13.8. The fourth-order valence-electron chi connectivity index (χ4n) is 3.54. The summed E-state index contributed by atoms with van der Waals surface area (Å²) in [5, 5.41) is 13.9. The maximum atomic E-state index is 12.1. The van der Waals surface area contributed by atoms with Crippen LogP contribution in [0.15, 0.2) is 24.4 Å². The van der Waals surface area contributed by atoms with Crippen LogP contribution in [0.5, 0.6) is 0 Å². The van der Waals surface area contributed by atoms with Gasteiger partial charge in [0.25, 0.3) is 0 Å². The minimum atomic E-state index is -0.180. The van der Waals surface area contributed by atoms with Gasteiger partial charge in [0, 0.05) is 30.1 Å². The number of benzene rings is 1. The van der Waals surface area contributed by atoms with Crippen molar-refractivity contribution in [3.63, 3.8) is 0 Å². The molecule has 0 radical (unpaired) electrons. The Labute approximate surface area is 137 Å². The number of fused-ring (bicyclic) bond motifs is 1. The van der Waals surface area contributed by atoms with E-state index in [2.05, 4.69) is 35.4 Å². The van der Waals surface area contributed by atoms with Crippen LogP contribution in [0, 0.1) is 12.8 Å². The first-order valence-electron chi connectivity index (χ1n) is 8.63. The van der Waals surface area contributed by atoms with Gasteiger partial charge in [-0.3, -0.25) is 4.79 Å². The highest BCUT2D eigenvalue weighted by Crippen LogP contribution is 2.24. The molecule has 1 aliphatic rings. The molecule has 2 atom stereocenters. The molecule has 23 heavy (non-hydrogen) atoms. The number of carbonyl (C=O) groups excluding carboxylic acids is 1. The van der Waals surface area contributed by atoms with Crippen molar-refractivity contribution in [2.45, 2.75) is 51.6 Å². The molecule has 0 spiro atoms. The Morgan fingerprint density at radius 3 is 3.09 bits per heavy atom. The Bertz CT molecular complexity index is 677. The van der Waals surface area contributed by atoms with Gasteiger partial charge in [0.1, 0.15) is 0 Å². The molecule has 0 saturated heterocycles. The molecule has 4 nitrogen and oxygen atoms in total. The number of hydrogen-bond acceptors (Lipinski definition) is 2. The highest BCUT2D eigenvalue weighted by molar-refractivity contribution is 5.84. The van der Waals surface area contributed by atoms with Crippen LogP contribution < -0.4 is 5.32 Å². The van der Waals surface area contributed by atoms with Crippen LogP contribution in [0.3, 0.4) is 0 Å². The molecule has 2 unspecified atom stereocenters. The van der Waals surface area contributed by atoms with Gasteiger partial charge in [-0.05, 0) is 56.2 Å². The number of aromatic nitrogens is 1. The van der Waals surface area contributed by atoms with Crippen molar-refractivity contribution in [3.8, 4) is 0 Å². The maximum Gasteiger partial charge on any atom is 0.220 e. The SMILES string of the molecule is Cc1ccc2[nH]cc(CCC(=O)NCC3CCCC(O)C3)c2c1. The van der Waals surface area contributed by atoms with E-state index >= 15 is 0 Å². The highest BCUT2D eigenvalue weighted by atomic mass is 16.3. The molecule has 1 fully saturated rings. The summed E-state index contributed by atoms with van der Waals surface area (Å²) < 4.78 is 0. The molecule has 1 saturated carbocycles. The zero-order chi connectivity index (χ0) is 16.2. The molecule has 1 aromatic heterocycles. The second-order valence-electron chi connectivity index (χ2n) is 6.85. The van der Waals surface area contributed by atoms with Crippen molar-refractivity contribution < 1.29 is 9.90 Å². The number of H-pyrrole nitrogens is 1. The average molecular weight is 314 g/mol. The van der Waals surface area contributed by atoms with E-state index < -0.39 is 0 Å². The molecule has 3 N–H and O–H groups in total. The number of aliphatic hydroxyl groups is 1. The van der Waals surface area contributed by atoms with Gasteiger partial charge in [-0.15, -0.1) is 0 Å². The molecule has 0 bridgehead atoms. The number of carbonyl (C=O) groups is 1. The smallest absolute Gasteiger partial charge is 0.220 e. The van der Waals surface area contributed by atoms with E-state index in [-0.39, 0.29) is 12.0 Å². The molecule has 2 aromatic rings. The third-order valence-corrected chi connectivity index (χ3v) is 4.89. The lowest BCUT2D eigenvalue weighted by atomic mass is 9.87. The minimum absolute atomic E-state index is 0.104. The summed E-state index contributed by atoms with van der Waals surface area (Å²) in [6, 6.07) is 6.35. The van der Waals surface area contributed by atoms with Crippen LogP contribution in [0.1, 0.15) is 43.2 Å². The predicted octanol–water partition coefficient (Wildman–Crippen LogP) is 3.08. The second kappa shape index (κ2) is 7.18. The van der Waals surface area contributed by atoms with Gasteiger partial charge in [0.05, 0.1) is 6.10 Å². The van der Waals surface area contributed by atoms with Gasteiger partial charge in [-0.25, -0.2) is 0 Å². The maximum absolute atomic E-state index is 12.1. The number of aliphatic hydroxyl groups excluding tert-OH is 1. The van der Waals surface area contributed by atoms with Crippen molar-refractivity contribution in [2.24, 2.45) is 5.92 Å². The largest absolute Gasteiger partial charge is 0.393 e. The minimum Gasteiger partial charge on any atom is -0.393 e. The van der Waals surface area contributed by atoms with Gasteiger partial charge in [0.2, 0.25) is 5.91 Å². The van der Waals surface area contributed by atoms with Gasteiger partial charge in [0.15, 0.2) is 0 Å². The van der Waals surface area contributed by atoms with E-state index in [1.54, 1.807) is 0 Å². The van der Waals surface area contributed by atoms with E-state index in [9.17, 15) is 9.90 Å². The predicted molar refractivity (Wildman–Crippen MR) is 92.3 cm³/mol. The van der Waals surface area contributed by atoms with Crippen molar-refractivity contribution in [1.29, 1.82) is 0 Å². The van der Waals surface area contributed by atoms with Crippen molar-refractivity contribution >= 4 is 16.8 Å². The van der Waals surface area contributed by atoms with Gasteiger partial charge in [-0.1, -0.05) is 18.1 Å². The standard InChI is InChI=1S/C19H26N2O2/c1-13-5-7-18-17(9-13)15(12-20-18)6-8-19(23)21-11-14-3-2-4-16(22)10-14/h5,7,9,12,14,16,20,22H,2-4,6,8,10-11H2,1H3,(H,21,23). The van der Waals surface area contributed by atoms with Gasteiger partial charge < -0.3 is 15.4 Å². The average Bonchev–Trinajstić information content (AvgIpc) is 2.93. The summed E-state index contributed by atoms with van der Waals surface area (Å²) in [5.74, 6) is 0.533. The van der Waals surface area contributed by atoms with Crippen LogP contribution in [-0.2, 0) is 11.2 Å². The van der Waals surface area contributed by atoms with Gasteiger partial charge >= 0.3 is 0 Å². The summed E-state index contributed by atoms with van der Waals surface area (Å²) in [5.41, 5.74) is 3.56. The molecule has 0 aliphatic heterocycles. The molecule has 3 rings (SSSR count). The molecule has 1 aliphatic carbocycles. The lowest BCUT2D eigenvalue weighted by molar-refractivity contribution is -0.121. The topological polar surface area (TPSA) is 65.1 Å². The van der Waals surface area contributed by atoms with Crippen LogP contribution >= 0.6 is 0 Å². The molecule has 4 heteroatoms. The lowest BCUT2D eigenvalue weighted by Crippen LogP contribution is -2.33. The normalized spacial score (nSPS) is 21.5. The Hall–Kier alpha value is -1.81. The lowest BCUT2D eigenvalue weighted by Gasteiger charge is -2.25. The summed E-state index contributed by atoms with van der Waals surface area (Å²) in [6.45, 7) is 2.78. The van der Waals surface area contributed by atoms with Crippen LogP contribution in [0.25, 0.3) is 10.9 Å². The summed E-state index contributed by atoms with van der Waals surface area (Å²) in [4.78, 5) is 15.3. The molecule has 124 valence electrons.